The van der Waals surface area contributed by atoms with Crippen LogP contribution in [0.4, 0.5) is 0 Å². The average molecular weight is 318 g/mol. The molecule has 2 rings (SSSR count). The Bertz CT molecular complexity index is 674. The van der Waals surface area contributed by atoms with Crippen LogP contribution < -0.4 is 0 Å². The van der Waals surface area contributed by atoms with E-state index in [1.807, 2.05) is 6.07 Å². The molecule has 23 heavy (non-hydrogen) atoms. The highest BCUT2D eigenvalue weighted by molar-refractivity contribution is 6.04. The second-order valence-corrected chi connectivity index (χ2v) is 4.96. The lowest BCUT2D eigenvalue weighted by Gasteiger charge is -2.33. The molecular formula is C17H18O6. The molecule has 0 amide bonds. The highest BCUT2D eigenvalue weighted by Gasteiger charge is 2.46. The van der Waals surface area contributed by atoms with Crippen LogP contribution in [-0.2, 0) is 14.3 Å². The first kappa shape index (κ1) is 17.0. The molecule has 6 heteroatoms. The zero-order valence-corrected chi connectivity index (χ0v) is 12.8. The molecule has 3 N–H and O–H groups in total. The first-order valence-electron chi connectivity index (χ1n) is 6.86. The second-order valence-electron chi connectivity index (χ2n) is 4.96. The normalized spacial score (nSPS) is 27.2. The molecule has 0 aliphatic heterocycles. The van der Waals surface area contributed by atoms with Crippen LogP contribution in [0.3, 0.4) is 0 Å². The number of carbonyl (C=O) groups excluding carboxylic acids is 1. The van der Waals surface area contributed by atoms with Gasteiger partial charge < -0.3 is 24.8 Å². The van der Waals surface area contributed by atoms with Crippen molar-refractivity contribution in [3.63, 3.8) is 0 Å². The summed E-state index contributed by atoms with van der Waals surface area (Å²) >= 11 is 0. The summed E-state index contributed by atoms with van der Waals surface area (Å²) in [4.78, 5) is 12.3. The minimum atomic E-state index is -2.04. The lowest BCUT2D eigenvalue weighted by atomic mass is 9.90. The predicted molar refractivity (Wildman–Crippen MR) is 83.6 cm³/mol. The fourth-order valence-electron chi connectivity index (χ4n) is 2.28. The first-order valence-corrected chi connectivity index (χ1v) is 6.86. The molecule has 1 aromatic carbocycles. The highest BCUT2D eigenvalue weighted by atomic mass is 16.6. The molecule has 0 aromatic heterocycles. The Morgan fingerprint density at radius 3 is 2.48 bits per heavy atom. The third kappa shape index (κ3) is 3.34. The summed E-state index contributed by atoms with van der Waals surface area (Å²) in [6, 6.07) is 8.72. The van der Waals surface area contributed by atoms with E-state index in [1.54, 1.807) is 24.3 Å². The summed E-state index contributed by atoms with van der Waals surface area (Å²) < 4.78 is 9.82. The molecule has 0 fully saturated rings. The van der Waals surface area contributed by atoms with Crippen molar-refractivity contribution in [1.82, 2.24) is 0 Å². The standard InChI is InChI=1S/C17H18O6/c1-22-16-15(20)12(14(19)10-17(16,21)23-2)8-9-13(18)11-6-4-3-5-7-11/h3-10,16,18-19,21H,1-2H3. The number of hydrogen-bond acceptors (Lipinski definition) is 6. The number of allylic oxidation sites excluding steroid dienone is 3. The molecule has 122 valence electrons. The van der Waals surface area contributed by atoms with Gasteiger partial charge in [0, 0.05) is 25.9 Å². The summed E-state index contributed by atoms with van der Waals surface area (Å²) in [5.41, 5.74) is 0.467. The Kier molecular flexibility index (Phi) is 5.00. The Labute approximate surface area is 133 Å². The summed E-state index contributed by atoms with van der Waals surface area (Å²) in [6.07, 6.45) is 2.22. The molecule has 0 spiro atoms. The van der Waals surface area contributed by atoms with Crippen molar-refractivity contribution in [3.8, 4) is 0 Å². The molecular weight excluding hydrogens is 300 g/mol. The quantitative estimate of drug-likeness (QED) is 0.446. The molecule has 6 nitrogen and oxygen atoms in total. The van der Waals surface area contributed by atoms with Crippen LogP contribution in [0.25, 0.3) is 5.76 Å². The Balaban J connectivity index is 2.39. The number of Topliss-reactive ketones (excluding diaryl/α,β-unsaturated/α-hetero) is 1. The van der Waals surface area contributed by atoms with Crippen LogP contribution in [0.15, 0.2) is 59.9 Å². The maximum atomic E-state index is 12.3. The largest absolute Gasteiger partial charge is 0.507 e. The summed E-state index contributed by atoms with van der Waals surface area (Å²) in [5, 5.41) is 30.1. The summed E-state index contributed by atoms with van der Waals surface area (Å²) in [7, 11) is 2.44. The number of aliphatic hydroxyl groups is 3. The molecule has 1 aliphatic carbocycles. The molecule has 1 aromatic rings. The van der Waals surface area contributed by atoms with E-state index in [2.05, 4.69) is 0 Å². The second kappa shape index (κ2) is 6.78. The van der Waals surface area contributed by atoms with Gasteiger partial charge in [-0.05, 0) is 12.2 Å². The topological polar surface area (TPSA) is 96.2 Å². The van der Waals surface area contributed by atoms with E-state index in [4.69, 9.17) is 9.47 Å². The van der Waals surface area contributed by atoms with Gasteiger partial charge in [0.15, 0.2) is 6.10 Å². The van der Waals surface area contributed by atoms with Gasteiger partial charge in [0.1, 0.15) is 11.5 Å². The average Bonchev–Trinajstić information content (AvgIpc) is 2.55. The molecule has 0 saturated carbocycles. The number of rotatable bonds is 4. The third-order valence-corrected chi connectivity index (χ3v) is 3.54. The first-order chi connectivity index (χ1) is 10.9. The third-order valence-electron chi connectivity index (χ3n) is 3.54. The van der Waals surface area contributed by atoms with Crippen LogP contribution in [-0.4, -0.2) is 47.2 Å². The van der Waals surface area contributed by atoms with Crippen molar-refractivity contribution in [3.05, 3.63) is 65.5 Å². The van der Waals surface area contributed by atoms with Gasteiger partial charge in [-0.2, -0.15) is 0 Å². The molecule has 2 unspecified atom stereocenters. The number of methoxy groups -OCH3 is 2. The number of aliphatic hydroxyl groups excluding tert-OH is 2. The van der Waals surface area contributed by atoms with E-state index in [0.717, 1.165) is 6.08 Å². The van der Waals surface area contributed by atoms with Crippen LogP contribution in [0.2, 0.25) is 0 Å². The SMILES string of the molecule is COC1C(=O)C(=CC=C(O)c2ccccc2)C(O)=CC1(O)OC. The van der Waals surface area contributed by atoms with E-state index in [-0.39, 0.29) is 11.3 Å². The maximum Gasteiger partial charge on any atom is 0.223 e. The van der Waals surface area contributed by atoms with E-state index >= 15 is 0 Å². The highest BCUT2D eigenvalue weighted by Crippen LogP contribution is 2.30. The van der Waals surface area contributed by atoms with E-state index < -0.39 is 23.4 Å². The van der Waals surface area contributed by atoms with E-state index in [1.165, 1.54) is 26.4 Å². The summed E-state index contributed by atoms with van der Waals surface area (Å²) in [5.74, 6) is -3.22. The van der Waals surface area contributed by atoms with Gasteiger partial charge in [-0.3, -0.25) is 4.79 Å². The van der Waals surface area contributed by atoms with E-state index in [0.29, 0.717) is 5.56 Å². The minimum Gasteiger partial charge on any atom is -0.507 e. The van der Waals surface area contributed by atoms with Crippen molar-refractivity contribution in [1.29, 1.82) is 0 Å². The predicted octanol–water partition coefficient (Wildman–Crippen LogP) is 1.89. The number of ketones is 1. The Morgan fingerprint density at radius 1 is 1.26 bits per heavy atom. The monoisotopic (exact) mass is 318 g/mol. The molecule has 0 heterocycles. The molecule has 1 aliphatic rings. The fourth-order valence-corrected chi connectivity index (χ4v) is 2.28. The fraction of sp³-hybridized carbons (Fsp3) is 0.235. The van der Waals surface area contributed by atoms with Gasteiger partial charge in [-0.25, -0.2) is 0 Å². The maximum absolute atomic E-state index is 12.3. The van der Waals surface area contributed by atoms with Crippen molar-refractivity contribution < 1.29 is 29.6 Å². The van der Waals surface area contributed by atoms with Crippen LogP contribution in [0, 0.1) is 0 Å². The number of carbonyl (C=O) groups is 1. The van der Waals surface area contributed by atoms with Crippen LogP contribution >= 0.6 is 0 Å². The lowest BCUT2D eigenvalue weighted by Crippen LogP contribution is -2.51. The zero-order valence-electron chi connectivity index (χ0n) is 12.8. The smallest absolute Gasteiger partial charge is 0.223 e. The molecule has 0 radical (unpaired) electrons. The van der Waals surface area contributed by atoms with Crippen LogP contribution in [0.1, 0.15) is 5.56 Å². The Hall–Kier alpha value is -2.41. The van der Waals surface area contributed by atoms with Gasteiger partial charge in [0.25, 0.3) is 0 Å². The lowest BCUT2D eigenvalue weighted by molar-refractivity contribution is -0.215. The van der Waals surface area contributed by atoms with Gasteiger partial charge in [0.05, 0.1) is 5.57 Å². The number of ether oxygens (including phenoxy) is 2. The molecule has 0 bridgehead atoms. The summed E-state index contributed by atoms with van der Waals surface area (Å²) in [6.45, 7) is 0. The minimum absolute atomic E-state index is 0.0692. The van der Waals surface area contributed by atoms with Crippen LogP contribution in [0.5, 0.6) is 0 Å². The van der Waals surface area contributed by atoms with Crippen molar-refractivity contribution in [2.24, 2.45) is 0 Å². The molecule has 0 saturated heterocycles. The van der Waals surface area contributed by atoms with Gasteiger partial charge in [0.2, 0.25) is 11.6 Å². The van der Waals surface area contributed by atoms with E-state index in [9.17, 15) is 20.1 Å². The van der Waals surface area contributed by atoms with Crippen molar-refractivity contribution in [2.75, 3.05) is 14.2 Å². The van der Waals surface area contributed by atoms with Gasteiger partial charge in [-0.1, -0.05) is 30.3 Å². The zero-order chi connectivity index (χ0) is 17.0. The van der Waals surface area contributed by atoms with Gasteiger partial charge in [-0.15, -0.1) is 0 Å². The van der Waals surface area contributed by atoms with Crippen molar-refractivity contribution in [2.45, 2.75) is 11.9 Å². The van der Waals surface area contributed by atoms with Crippen molar-refractivity contribution >= 4 is 11.5 Å². The van der Waals surface area contributed by atoms with Gasteiger partial charge >= 0.3 is 0 Å². The number of hydrogen-bond donors (Lipinski definition) is 3. The Morgan fingerprint density at radius 2 is 1.91 bits per heavy atom. The number of benzene rings is 1. The molecule has 2 atom stereocenters.